The molecule has 28 heavy (non-hydrogen) atoms. The highest BCUT2D eigenvalue weighted by molar-refractivity contribution is 7.92. The number of hydrogen-bond donors (Lipinski definition) is 1. The number of hydrogen-bond acceptors (Lipinski definition) is 3. The molecule has 2 aromatic rings. The molecule has 148 valence electrons. The molecule has 0 heterocycles. The standard InChI is InChI=1S/C23H27NO3S/c1-16(20-11-7-8-12-21(20)24-22(25)23(2,3)4)28(26,27)19-14-13-17-9-5-6-10-18(17)15-19/h5-7,9-11,13-16H,8,12H2,1-4H3,(H,24,25)/t16-/m0/s1. The third-order valence-corrected chi connectivity index (χ3v) is 7.20. The Kier molecular flexibility index (Phi) is 5.48. The van der Waals surface area contributed by atoms with Gasteiger partial charge in [0.2, 0.25) is 5.91 Å². The Bertz CT molecular complexity index is 1070. The minimum absolute atomic E-state index is 0.106. The summed E-state index contributed by atoms with van der Waals surface area (Å²) in [5.74, 6) is -0.106. The van der Waals surface area contributed by atoms with E-state index in [1.807, 2.05) is 63.3 Å². The van der Waals surface area contributed by atoms with Crippen molar-refractivity contribution in [1.82, 2.24) is 5.32 Å². The van der Waals surface area contributed by atoms with Crippen LogP contribution in [-0.2, 0) is 14.6 Å². The number of allylic oxidation sites excluding steroid dienone is 3. The van der Waals surface area contributed by atoms with Crippen molar-refractivity contribution in [2.24, 2.45) is 5.41 Å². The molecule has 1 aliphatic carbocycles. The third kappa shape index (κ3) is 4.04. The molecular formula is C23H27NO3S. The smallest absolute Gasteiger partial charge is 0.229 e. The quantitative estimate of drug-likeness (QED) is 0.808. The van der Waals surface area contributed by atoms with E-state index < -0.39 is 20.5 Å². The predicted octanol–water partition coefficient (Wildman–Crippen LogP) is 4.77. The van der Waals surface area contributed by atoms with Crippen molar-refractivity contribution in [2.75, 3.05) is 0 Å². The summed E-state index contributed by atoms with van der Waals surface area (Å²) in [4.78, 5) is 12.7. The van der Waals surface area contributed by atoms with Gasteiger partial charge < -0.3 is 5.32 Å². The van der Waals surface area contributed by atoms with E-state index >= 15 is 0 Å². The SMILES string of the molecule is C[C@@H](C1=C(NC(=O)C(C)(C)C)CCC=C1)S(=O)(=O)c1ccc2ccccc2c1. The summed E-state index contributed by atoms with van der Waals surface area (Å²) in [7, 11) is -3.59. The molecule has 1 aliphatic rings. The number of benzene rings is 2. The summed E-state index contributed by atoms with van der Waals surface area (Å²) in [6.45, 7) is 7.22. The molecule has 2 aromatic carbocycles. The van der Waals surface area contributed by atoms with E-state index in [0.717, 1.165) is 17.2 Å². The van der Waals surface area contributed by atoms with Gasteiger partial charge in [-0.2, -0.15) is 0 Å². The van der Waals surface area contributed by atoms with Gasteiger partial charge in [-0.15, -0.1) is 0 Å². The molecule has 0 saturated carbocycles. The Labute approximate surface area is 167 Å². The summed E-state index contributed by atoms with van der Waals surface area (Å²) in [5, 5.41) is 4.12. The normalized spacial score (nSPS) is 16.3. The number of carbonyl (C=O) groups excluding carboxylic acids is 1. The molecule has 1 atom stereocenters. The minimum atomic E-state index is -3.59. The third-order valence-electron chi connectivity index (χ3n) is 5.11. The molecule has 4 nitrogen and oxygen atoms in total. The molecule has 3 rings (SSSR count). The van der Waals surface area contributed by atoms with E-state index in [1.54, 1.807) is 19.1 Å². The molecule has 5 heteroatoms. The summed E-state index contributed by atoms with van der Waals surface area (Å²) in [6, 6.07) is 12.9. The Morgan fingerprint density at radius 1 is 1.07 bits per heavy atom. The van der Waals surface area contributed by atoms with Crippen molar-refractivity contribution in [3.8, 4) is 0 Å². The van der Waals surface area contributed by atoms with Gasteiger partial charge in [0.15, 0.2) is 9.84 Å². The highest BCUT2D eigenvalue weighted by atomic mass is 32.2. The van der Waals surface area contributed by atoms with Crippen LogP contribution in [0.2, 0.25) is 0 Å². The van der Waals surface area contributed by atoms with Gasteiger partial charge in [-0.3, -0.25) is 4.79 Å². The average molecular weight is 398 g/mol. The predicted molar refractivity (Wildman–Crippen MR) is 114 cm³/mol. The van der Waals surface area contributed by atoms with Crippen LogP contribution in [0.25, 0.3) is 10.8 Å². The van der Waals surface area contributed by atoms with Crippen molar-refractivity contribution in [3.63, 3.8) is 0 Å². The lowest BCUT2D eigenvalue weighted by molar-refractivity contribution is -0.127. The van der Waals surface area contributed by atoms with Crippen molar-refractivity contribution >= 4 is 26.5 Å². The Morgan fingerprint density at radius 3 is 2.43 bits per heavy atom. The maximum atomic E-state index is 13.3. The summed E-state index contributed by atoms with van der Waals surface area (Å²) < 4.78 is 26.6. The van der Waals surface area contributed by atoms with Crippen LogP contribution < -0.4 is 5.32 Å². The van der Waals surface area contributed by atoms with Crippen molar-refractivity contribution in [1.29, 1.82) is 0 Å². The average Bonchev–Trinajstić information content (AvgIpc) is 2.66. The zero-order valence-electron chi connectivity index (χ0n) is 16.8. The first-order valence-corrected chi connectivity index (χ1v) is 11.1. The van der Waals surface area contributed by atoms with E-state index in [2.05, 4.69) is 5.32 Å². The number of sulfone groups is 1. The number of nitrogens with one attached hydrogen (secondary N) is 1. The van der Waals surface area contributed by atoms with Gasteiger partial charge in [-0.1, -0.05) is 63.3 Å². The monoisotopic (exact) mass is 397 g/mol. The summed E-state index contributed by atoms with van der Waals surface area (Å²) in [5.41, 5.74) is 0.830. The second kappa shape index (κ2) is 7.55. The lowest BCUT2D eigenvalue weighted by atomic mass is 9.94. The number of fused-ring (bicyclic) bond motifs is 1. The maximum absolute atomic E-state index is 13.3. The minimum Gasteiger partial charge on any atom is -0.329 e. The van der Waals surface area contributed by atoms with Gasteiger partial charge in [0.05, 0.1) is 10.1 Å². The molecule has 0 spiro atoms. The summed E-state index contributed by atoms with van der Waals surface area (Å²) >= 11 is 0. The van der Waals surface area contributed by atoms with Crippen LogP contribution in [-0.4, -0.2) is 19.6 Å². The molecule has 0 radical (unpaired) electrons. The van der Waals surface area contributed by atoms with Gasteiger partial charge in [-0.05, 0) is 48.2 Å². The number of rotatable bonds is 4. The summed E-state index contributed by atoms with van der Waals surface area (Å²) in [6.07, 6.45) is 5.22. The van der Waals surface area contributed by atoms with Crippen LogP contribution >= 0.6 is 0 Å². The Balaban J connectivity index is 1.99. The largest absolute Gasteiger partial charge is 0.329 e. The first-order chi connectivity index (χ1) is 13.1. The second-order valence-electron chi connectivity index (χ2n) is 8.28. The first kappa shape index (κ1) is 20.3. The van der Waals surface area contributed by atoms with Gasteiger partial charge in [-0.25, -0.2) is 8.42 Å². The van der Waals surface area contributed by atoms with Crippen molar-refractivity contribution in [2.45, 2.75) is 50.7 Å². The Hall–Kier alpha value is -2.40. The zero-order chi connectivity index (χ0) is 20.5. The van der Waals surface area contributed by atoms with Crippen LogP contribution in [0.3, 0.4) is 0 Å². The molecule has 1 N–H and O–H groups in total. The van der Waals surface area contributed by atoms with Gasteiger partial charge in [0.25, 0.3) is 0 Å². The fraction of sp³-hybridized carbons (Fsp3) is 0.348. The highest BCUT2D eigenvalue weighted by Gasteiger charge is 2.30. The Morgan fingerprint density at radius 2 is 1.75 bits per heavy atom. The van der Waals surface area contributed by atoms with Crippen LogP contribution in [0.15, 0.2) is 70.8 Å². The lowest BCUT2D eigenvalue weighted by Crippen LogP contribution is -2.36. The van der Waals surface area contributed by atoms with Crippen LogP contribution in [0, 0.1) is 5.41 Å². The molecule has 1 amide bonds. The highest BCUT2D eigenvalue weighted by Crippen LogP contribution is 2.30. The number of carbonyl (C=O) groups is 1. The maximum Gasteiger partial charge on any atom is 0.229 e. The van der Waals surface area contributed by atoms with Crippen molar-refractivity contribution < 1.29 is 13.2 Å². The second-order valence-corrected chi connectivity index (χ2v) is 10.5. The van der Waals surface area contributed by atoms with Gasteiger partial charge in [0, 0.05) is 11.1 Å². The topological polar surface area (TPSA) is 63.2 Å². The van der Waals surface area contributed by atoms with Gasteiger partial charge in [0.1, 0.15) is 0 Å². The van der Waals surface area contributed by atoms with E-state index in [0.29, 0.717) is 22.6 Å². The number of amides is 1. The lowest BCUT2D eigenvalue weighted by Gasteiger charge is -2.25. The van der Waals surface area contributed by atoms with Gasteiger partial charge >= 0.3 is 0 Å². The van der Waals surface area contributed by atoms with Crippen LogP contribution in [0.4, 0.5) is 0 Å². The molecule has 0 unspecified atom stereocenters. The zero-order valence-corrected chi connectivity index (χ0v) is 17.6. The molecular weight excluding hydrogens is 370 g/mol. The fourth-order valence-electron chi connectivity index (χ4n) is 3.24. The molecule has 0 aromatic heterocycles. The molecule has 0 bridgehead atoms. The van der Waals surface area contributed by atoms with E-state index in [4.69, 9.17) is 0 Å². The van der Waals surface area contributed by atoms with Crippen molar-refractivity contribution in [3.05, 3.63) is 65.9 Å². The fourth-order valence-corrected chi connectivity index (χ4v) is 4.75. The van der Waals surface area contributed by atoms with E-state index in [-0.39, 0.29) is 5.91 Å². The molecule has 0 saturated heterocycles. The van der Waals surface area contributed by atoms with E-state index in [9.17, 15) is 13.2 Å². The van der Waals surface area contributed by atoms with Crippen LogP contribution in [0.5, 0.6) is 0 Å². The van der Waals surface area contributed by atoms with Crippen LogP contribution in [0.1, 0.15) is 40.5 Å². The molecule has 0 fully saturated rings. The molecule has 0 aliphatic heterocycles. The van der Waals surface area contributed by atoms with E-state index in [1.165, 1.54) is 0 Å². The first-order valence-electron chi connectivity index (χ1n) is 9.54.